The zero-order chi connectivity index (χ0) is 7.02. The molecule has 0 fully saturated rings. The van der Waals surface area contributed by atoms with Crippen LogP contribution in [0.1, 0.15) is 0 Å². The number of nitrogens with zero attached hydrogens (tertiary/aromatic N) is 2. The van der Waals surface area contributed by atoms with Gasteiger partial charge in [0, 0.05) is 14.1 Å². The Hall–Kier alpha value is -1.06. The second kappa shape index (κ2) is 1.72. The Balaban J connectivity index is 2.79. The number of hydrogen-bond donors (Lipinski definition) is 2. The van der Waals surface area contributed by atoms with Crippen molar-refractivity contribution in [1.82, 2.24) is 9.80 Å². The topological polar surface area (TPSA) is 58.5 Å². The van der Waals surface area contributed by atoms with Crippen molar-refractivity contribution >= 4 is 0 Å². The van der Waals surface area contributed by atoms with E-state index in [1.165, 1.54) is 0 Å². The van der Waals surface area contributed by atoms with Crippen LogP contribution >= 0.6 is 0 Å². The van der Waals surface area contributed by atoms with E-state index in [1.807, 2.05) is 23.9 Å². The van der Waals surface area contributed by atoms with Gasteiger partial charge in [0.1, 0.15) is 11.6 Å². The lowest BCUT2D eigenvalue weighted by Gasteiger charge is -2.13. The zero-order valence-corrected chi connectivity index (χ0v) is 5.76. The monoisotopic (exact) mass is 128 g/mol. The van der Waals surface area contributed by atoms with Crippen LogP contribution in [0, 0.1) is 0 Å². The van der Waals surface area contributed by atoms with Gasteiger partial charge in [-0.3, -0.25) is 0 Å². The molecule has 0 aromatic carbocycles. The first kappa shape index (κ1) is 6.07. The maximum absolute atomic E-state index is 5.55. The highest BCUT2D eigenvalue weighted by Gasteiger charge is 2.17. The largest absolute Gasteiger partial charge is 0.382 e. The zero-order valence-electron chi connectivity index (χ0n) is 5.76. The van der Waals surface area contributed by atoms with Gasteiger partial charge >= 0.3 is 0 Å². The molecule has 0 atom stereocenters. The van der Waals surface area contributed by atoms with Gasteiger partial charge in [0.05, 0.1) is 6.67 Å². The highest BCUT2D eigenvalue weighted by molar-refractivity contribution is 5.09. The van der Waals surface area contributed by atoms with Crippen LogP contribution < -0.4 is 11.5 Å². The average molecular weight is 128 g/mol. The smallest absolute Gasteiger partial charge is 0.141 e. The summed E-state index contributed by atoms with van der Waals surface area (Å²) in [5.74, 6) is 1.33. The van der Waals surface area contributed by atoms with E-state index >= 15 is 0 Å². The molecule has 1 rings (SSSR count). The summed E-state index contributed by atoms with van der Waals surface area (Å²) in [4.78, 5) is 3.80. The average Bonchev–Trinajstić information content (AvgIpc) is 1.98. The Morgan fingerprint density at radius 1 is 1.11 bits per heavy atom. The summed E-state index contributed by atoms with van der Waals surface area (Å²) in [7, 11) is 3.82. The van der Waals surface area contributed by atoms with Gasteiger partial charge in [0.25, 0.3) is 0 Å². The van der Waals surface area contributed by atoms with Crippen molar-refractivity contribution in [2.75, 3.05) is 20.8 Å². The molecule has 9 heavy (non-hydrogen) atoms. The molecule has 0 saturated carbocycles. The summed E-state index contributed by atoms with van der Waals surface area (Å²) < 4.78 is 0. The third-order valence-corrected chi connectivity index (χ3v) is 1.51. The second-order valence-corrected chi connectivity index (χ2v) is 2.31. The molecule has 4 heteroatoms. The van der Waals surface area contributed by atoms with E-state index in [2.05, 4.69) is 0 Å². The van der Waals surface area contributed by atoms with Gasteiger partial charge in [-0.15, -0.1) is 0 Å². The minimum absolute atomic E-state index is 0.664. The molecular weight excluding hydrogens is 116 g/mol. The predicted octanol–water partition coefficient (Wildman–Crippen LogP) is -1.13. The highest BCUT2D eigenvalue weighted by atomic mass is 15.4. The van der Waals surface area contributed by atoms with E-state index in [1.54, 1.807) is 0 Å². The molecule has 0 unspecified atom stereocenters. The predicted molar refractivity (Wildman–Crippen MR) is 35.8 cm³/mol. The first-order chi connectivity index (χ1) is 4.13. The van der Waals surface area contributed by atoms with E-state index in [-0.39, 0.29) is 0 Å². The van der Waals surface area contributed by atoms with Crippen molar-refractivity contribution in [3.63, 3.8) is 0 Å². The first-order valence-electron chi connectivity index (χ1n) is 2.80. The molecule has 4 nitrogen and oxygen atoms in total. The lowest BCUT2D eigenvalue weighted by Crippen LogP contribution is -2.23. The first-order valence-corrected chi connectivity index (χ1v) is 2.80. The summed E-state index contributed by atoms with van der Waals surface area (Å²) in [6, 6.07) is 0. The minimum atomic E-state index is 0.664. The van der Waals surface area contributed by atoms with Crippen molar-refractivity contribution in [3.8, 4) is 0 Å². The highest BCUT2D eigenvalue weighted by Crippen LogP contribution is 2.10. The maximum Gasteiger partial charge on any atom is 0.141 e. The SMILES string of the molecule is CN1CN(C)C(N)=C1N. The van der Waals surface area contributed by atoms with Crippen molar-refractivity contribution in [2.24, 2.45) is 11.5 Å². The van der Waals surface area contributed by atoms with E-state index in [4.69, 9.17) is 11.5 Å². The molecule has 0 amide bonds. The Labute approximate surface area is 54.7 Å². The van der Waals surface area contributed by atoms with Gasteiger partial charge in [-0.05, 0) is 0 Å². The van der Waals surface area contributed by atoms with Crippen LogP contribution in [-0.4, -0.2) is 30.6 Å². The molecule has 0 spiro atoms. The second-order valence-electron chi connectivity index (χ2n) is 2.31. The Morgan fingerprint density at radius 2 is 1.44 bits per heavy atom. The number of rotatable bonds is 0. The summed E-state index contributed by atoms with van der Waals surface area (Å²) in [6.07, 6.45) is 0. The number of nitrogens with two attached hydrogens (primary N) is 2. The van der Waals surface area contributed by atoms with Crippen LogP contribution in [0.4, 0.5) is 0 Å². The van der Waals surface area contributed by atoms with Crippen molar-refractivity contribution < 1.29 is 0 Å². The summed E-state index contributed by atoms with van der Waals surface area (Å²) >= 11 is 0. The van der Waals surface area contributed by atoms with Gasteiger partial charge in [-0.1, -0.05) is 0 Å². The van der Waals surface area contributed by atoms with Crippen LogP contribution in [0.15, 0.2) is 11.6 Å². The van der Waals surface area contributed by atoms with Crippen LogP contribution in [0.3, 0.4) is 0 Å². The Morgan fingerprint density at radius 3 is 1.56 bits per heavy atom. The van der Waals surface area contributed by atoms with Crippen molar-refractivity contribution in [3.05, 3.63) is 11.6 Å². The van der Waals surface area contributed by atoms with Gasteiger partial charge < -0.3 is 21.3 Å². The normalized spacial score (nSPS) is 19.8. The van der Waals surface area contributed by atoms with Crippen LogP contribution in [0.5, 0.6) is 0 Å². The fraction of sp³-hybridized carbons (Fsp3) is 0.600. The van der Waals surface area contributed by atoms with Gasteiger partial charge in [-0.25, -0.2) is 0 Å². The minimum Gasteiger partial charge on any atom is -0.382 e. The maximum atomic E-state index is 5.55. The fourth-order valence-electron chi connectivity index (χ4n) is 0.862. The van der Waals surface area contributed by atoms with E-state index in [0.717, 1.165) is 6.67 Å². The summed E-state index contributed by atoms with van der Waals surface area (Å²) in [5.41, 5.74) is 11.1. The molecule has 1 aliphatic heterocycles. The Kier molecular flexibility index (Phi) is 1.16. The molecule has 0 aromatic rings. The van der Waals surface area contributed by atoms with Gasteiger partial charge in [0.2, 0.25) is 0 Å². The molecule has 1 heterocycles. The van der Waals surface area contributed by atoms with Crippen LogP contribution in [0.25, 0.3) is 0 Å². The molecule has 0 aromatic heterocycles. The summed E-state index contributed by atoms with van der Waals surface area (Å²) in [5, 5.41) is 0. The van der Waals surface area contributed by atoms with Gasteiger partial charge in [0.15, 0.2) is 0 Å². The van der Waals surface area contributed by atoms with Gasteiger partial charge in [-0.2, -0.15) is 0 Å². The quantitative estimate of drug-likeness (QED) is 0.433. The lowest BCUT2D eigenvalue weighted by molar-refractivity contribution is 0.315. The van der Waals surface area contributed by atoms with E-state index < -0.39 is 0 Å². The van der Waals surface area contributed by atoms with Crippen LogP contribution in [0.2, 0.25) is 0 Å². The molecule has 0 saturated heterocycles. The molecule has 1 aliphatic rings. The number of hydrogen-bond acceptors (Lipinski definition) is 4. The summed E-state index contributed by atoms with van der Waals surface area (Å²) in [6.45, 7) is 0.789. The van der Waals surface area contributed by atoms with E-state index in [0.29, 0.717) is 11.6 Å². The molecule has 0 radical (unpaired) electrons. The molecule has 52 valence electrons. The Bertz CT molecular complexity index is 135. The fourth-order valence-corrected chi connectivity index (χ4v) is 0.862. The van der Waals surface area contributed by atoms with Crippen molar-refractivity contribution in [2.45, 2.75) is 0 Å². The van der Waals surface area contributed by atoms with Crippen LogP contribution in [-0.2, 0) is 0 Å². The molecular formula is C5H12N4. The van der Waals surface area contributed by atoms with Crippen molar-refractivity contribution in [1.29, 1.82) is 0 Å². The van der Waals surface area contributed by atoms with E-state index in [9.17, 15) is 0 Å². The third-order valence-electron chi connectivity index (χ3n) is 1.51. The molecule has 0 aliphatic carbocycles. The lowest BCUT2D eigenvalue weighted by atomic mass is 10.6. The third kappa shape index (κ3) is 0.759. The molecule has 0 bridgehead atoms. The molecule has 4 N–H and O–H groups in total. The standard InChI is InChI=1S/C5H12N4/c1-8-3-9(2)5(7)4(8)6/h3,6-7H2,1-2H3.